The normalized spacial score (nSPS) is 15.4. The van der Waals surface area contributed by atoms with E-state index in [2.05, 4.69) is 12.6 Å². The minimum absolute atomic E-state index is 0.682. The average Bonchev–Trinajstić information content (AvgIpc) is 2.11. The number of primary amides is 2. The van der Waals surface area contributed by atoms with Crippen LogP contribution in [0.3, 0.4) is 0 Å². The molecule has 2 unspecified atom stereocenters. The maximum atomic E-state index is 11.1. The van der Waals surface area contributed by atoms with Gasteiger partial charge in [0.1, 0.15) is 10.8 Å². The topological polar surface area (TPSA) is 153 Å². The average molecular weight is 263 g/mol. The van der Waals surface area contributed by atoms with Crippen LogP contribution in [0.15, 0.2) is 0 Å². The third-order valence-corrected chi connectivity index (χ3v) is 2.53. The van der Waals surface area contributed by atoms with Gasteiger partial charge < -0.3 is 21.9 Å². The van der Waals surface area contributed by atoms with Crippen molar-refractivity contribution in [1.82, 2.24) is 5.32 Å². The quantitative estimate of drug-likeness (QED) is 0.338. The van der Waals surface area contributed by atoms with Crippen LogP contribution in [0, 0.1) is 0 Å². The van der Waals surface area contributed by atoms with Crippen LogP contribution in [0.2, 0.25) is 0 Å². The van der Waals surface area contributed by atoms with E-state index in [9.17, 15) is 19.2 Å². The molecule has 0 radical (unpaired) electrons. The highest BCUT2D eigenvalue weighted by atomic mass is 32.1. The Labute approximate surface area is 102 Å². The van der Waals surface area contributed by atoms with Crippen LogP contribution in [0.5, 0.6) is 0 Å². The summed E-state index contributed by atoms with van der Waals surface area (Å²) in [5, 5.41) is 11.0. The van der Waals surface area contributed by atoms with Crippen molar-refractivity contribution in [3.8, 4) is 0 Å². The number of carbonyl (C=O) groups is 4. The summed E-state index contributed by atoms with van der Waals surface area (Å²) in [5.74, 6) is -4.38. The monoisotopic (exact) mass is 263 g/mol. The van der Waals surface area contributed by atoms with Crippen LogP contribution in [0.25, 0.3) is 0 Å². The van der Waals surface area contributed by atoms with E-state index in [-0.39, 0.29) is 0 Å². The first kappa shape index (κ1) is 15.2. The molecular weight excluding hydrogens is 250 g/mol. The van der Waals surface area contributed by atoms with Crippen molar-refractivity contribution < 1.29 is 24.3 Å². The van der Waals surface area contributed by atoms with Crippen molar-refractivity contribution >= 4 is 36.3 Å². The molecule has 0 heterocycles. The molecule has 0 aliphatic rings. The lowest BCUT2D eigenvalue weighted by Crippen LogP contribution is -2.60. The molecule has 6 N–H and O–H groups in total. The number of hydrogen-bond acceptors (Lipinski definition) is 5. The first-order valence-electron chi connectivity index (χ1n) is 4.41. The van der Waals surface area contributed by atoms with E-state index in [1.54, 1.807) is 0 Å². The van der Waals surface area contributed by atoms with Crippen molar-refractivity contribution in [2.45, 2.75) is 24.1 Å². The molecule has 0 rings (SSSR count). The molecular formula is C8H13N3O5S. The summed E-state index contributed by atoms with van der Waals surface area (Å²) in [4.78, 5) is 43.8. The number of thiol groups is 1. The number of hydrogen-bond donors (Lipinski definition) is 5. The smallest absolute Gasteiger partial charge is 0.322 e. The van der Waals surface area contributed by atoms with Gasteiger partial charge in [-0.05, 0) is 0 Å². The van der Waals surface area contributed by atoms with Crippen molar-refractivity contribution in [1.29, 1.82) is 0 Å². The van der Waals surface area contributed by atoms with Gasteiger partial charge in [-0.1, -0.05) is 0 Å². The van der Waals surface area contributed by atoms with Crippen molar-refractivity contribution in [2.75, 3.05) is 0 Å². The maximum Gasteiger partial charge on any atom is 0.322 e. The SMILES string of the molecule is CC(=O)NC(C(N)=O)C(S)(CC(N)=O)C(=O)O. The molecule has 0 bridgehead atoms. The van der Waals surface area contributed by atoms with Crippen LogP contribution in [0.4, 0.5) is 0 Å². The van der Waals surface area contributed by atoms with E-state index in [4.69, 9.17) is 16.6 Å². The van der Waals surface area contributed by atoms with Gasteiger partial charge in [0, 0.05) is 6.92 Å². The Balaban J connectivity index is 5.36. The molecule has 8 nitrogen and oxygen atoms in total. The van der Waals surface area contributed by atoms with E-state index in [1.807, 2.05) is 5.32 Å². The molecule has 17 heavy (non-hydrogen) atoms. The van der Waals surface area contributed by atoms with Crippen LogP contribution in [-0.4, -0.2) is 39.6 Å². The second kappa shape index (κ2) is 5.53. The second-order valence-corrected chi connectivity index (χ2v) is 4.21. The fraction of sp³-hybridized carbons (Fsp3) is 0.500. The predicted molar refractivity (Wildman–Crippen MR) is 60.0 cm³/mol. The molecule has 2 atom stereocenters. The van der Waals surface area contributed by atoms with E-state index in [0.29, 0.717) is 0 Å². The van der Waals surface area contributed by atoms with E-state index in [1.165, 1.54) is 0 Å². The van der Waals surface area contributed by atoms with Gasteiger partial charge >= 0.3 is 5.97 Å². The number of aliphatic carboxylic acids is 1. The fourth-order valence-electron chi connectivity index (χ4n) is 1.20. The standard InChI is InChI=1S/C8H13N3O5S/c1-3(12)11-5(6(10)14)8(17,7(15)16)2-4(9)13/h5,17H,2H2,1H3,(H2,9,13)(H2,10,14)(H,11,12)(H,15,16). The Bertz CT molecular complexity index is 372. The van der Waals surface area contributed by atoms with Crippen molar-refractivity contribution in [3.63, 3.8) is 0 Å². The summed E-state index contributed by atoms with van der Waals surface area (Å²) in [6.45, 7) is 1.07. The number of carboxylic acids is 1. The number of nitrogens with two attached hydrogens (primary N) is 2. The number of rotatable bonds is 6. The molecule has 3 amide bonds. The summed E-state index contributed by atoms with van der Waals surface area (Å²) in [5.41, 5.74) is 9.84. The van der Waals surface area contributed by atoms with E-state index >= 15 is 0 Å². The van der Waals surface area contributed by atoms with Crippen LogP contribution < -0.4 is 16.8 Å². The number of amides is 3. The Morgan fingerprint density at radius 2 is 1.82 bits per heavy atom. The summed E-state index contributed by atoms with van der Waals surface area (Å²) >= 11 is 3.75. The molecule has 0 saturated carbocycles. The largest absolute Gasteiger partial charge is 0.480 e. The van der Waals surface area contributed by atoms with Gasteiger partial charge in [-0.25, -0.2) is 0 Å². The Morgan fingerprint density at radius 1 is 1.35 bits per heavy atom. The first-order chi connectivity index (χ1) is 7.61. The van der Waals surface area contributed by atoms with Gasteiger partial charge in [-0.2, -0.15) is 12.6 Å². The fourth-order valence-corrected chi connectivity index (χ4v) is 1.54. The highest BCUT2D eigenvalue weighted by Crippen LogP contribution is 2.24. The Morgan fingerprint density at radius 3 is 2.06 bits per heavy atom. The molecule has 0 spiro atoms. The predicted octanol–water partition coefficient (Wildman–Crippen LogP) is -2.40. The van der Waals surface area contributed by atoms with Crippen LogP contribution >= 0.6 is 12.6 Å². The summed E-state index contributed by atoms with van der Waals surface area (Å²) < 4.78 is -2.18. The van der Waals surface area contributed by atoms with E-state index in [0.717, 1.165) is 6.92 Å². The maximum absolute atomic E-state index is 11.1. The molecule has 0 aromatic rings. The summed E-state index contributed by atoms with van der Waals surface area (Å²) in [6.07, 6.45) is -0.751. The zero-order chi connectivity index (χ0) is 13.8. The van der Waals surface area contributed by atoms with Gasteiger partial charge in [0.15, 0.2) is 0 Å². The zero-order valence-electron chi connectivity index (χ0n) is 8.97. The lowest BCUT2D eigenvalue weighted by Gasteiger charge is -2.29. The zero-order valence-corrected chi connectivity index (χ0v) is 9.86. The highest BCUT2D eigenvalue weighted by Gasteiger charge is 2.47. The molecule has 0 aliphatic carbocycles. The van der Waals surface area contributed by atoms with Crippen molar-refractivity contribution in [2.24, 2.45) is 11.5 Å². The first-order valence-corrected chi connectivity index (χ1v) is 4.86. The Hall–Kier alpha value is -1.77. The number of nitrogens with one attached hydrogen (secondary N) is 1. The Kier molecular flexibility index (Phi) is 4.95. The van der Waals surface area contributed by atoms with Crippen LogP contribution in [-0.2, 0) is 19.2 Å². The van der Waals surface area contributed by atoms with Gasteiger partial charge in [-0.3, -0.25) is 19.2 Å². The van der Waals surface area contributed by atoms with Gasteiger partial charge in [0.2, 0.25) is 17.7 Å². The molecule has 96 valence electrons. The number of carboxylic acid groups (broad SMARTS) is 1. The third kappa shape index (κ3) is 3.94. The third-order valence-electron chi connectivity index (χ3n) is 1.92. The molecule has 0 aromatic heterocycles. The van der Waals surface area contributed by atoms with Gasteiger partial charge in [0.25, 0.3) is 0 Å². The summed E-state index contributed by atoms with van der Waals surface area (Å²) in [7, 11) is 0. The lowest BCUT2D eigenvalue weighted by molar-refractivity contribution is -0.145. The molecule has 0 aromatic carbocycles. The molecule has 0 fully saturated rings. The van der Waals surface area contributed by atoms with E-state index < -0.39 is 40.9 Å². The second-order valence-electron chi connectivity index (χ2n) is 3.41. The summed E-state index contributed by atoms with van der Waals surface area (Å²) in [6, 6.07) is -1.65. The van der Waals surface area contributed by atoms with Crippen molar-refractivity contribution in [3.05, 3.63) is 0 Å². The number of carbonyl (C=O) groups excluding carboxylic acids is 3. The minimum atomic E-state index is -2.18. The lowest BCUT2D eigenvalue weighted by atomic mass is 9.93. The van der Waals surface area contributed by atoms with Gasteiger partial charge in [-0.15, -0.1) is 0 Å². The van der Waals surface area contributed by atoms with Gasteiger partial charge in [0.05, 0.1) is 6.42 Å². The van der Waals surface area contributed by atoms with Crippen LogP contribution in [0.1, 0.15) is 13.3 Å². The molecule has 9 heteroatoms. The minimum Gasteiger partial charge on any atom is -0.480 e. The molecule has 0 aliphatic heterocycles. The highest BCUT2D eigenvalue weighted by molar-refractivity contribution is 7.82. The molecule has 0 saturated heterocycles.